The molecule has 0 atom stereocenters. The van der Waals surface area contributed by atoms with Crippen LogP contribution in [-0.2, 0) is 14.3 Å². The molecule has 78 valence electrons. The molecule has 0 bridgehead atoms. The maximum absolute atomic E-state index is 10.6. The lowest BCUT2D eigenvalue weighted by atomic mass is 10.4. The van der Waals surface area contributed by atoms with Gasteiger partial charge in [0.15, 0.2) is 0 Å². The maximum Gasteiger partial charge on any atom is 0.325 e. The van der Waals surface area contributed by atoms with E-state index in [1.165, 1.54) is 0 Å². The summed E-state index contributed by atoms with van der Waals surface area (Å²) in [6, 6.07) is 0. The van der Waals surface area contributed by atoms with Crippen LogP contribution in [-0.4, -0.2) is 25.0 Å². The molecule has 0 aliphatic carbocycles. The lowest BCUT2D eigenvalue weighted by molar-refractivity contribution is -0.143. The molecule has 0 spiro atoms. The Morgan fingerprint density at radius 2 is 1.77 bits per heavy atom. The van der Waals surface area contributed by atoms with Crippen molar-refractivity contribution >= 4 is 11.9 Å². The van der Waals surface area contributed by atoms with Gasteiger partial charge in [-0.25, -0.2) is 0 Å². The van der Waals surface area contributed by atoms with Crippen molar-refractivity contribution in [3.05, 3.63) is 0 Å². The molecule has 0 aromatic heterocycles. The molecule has 1 amide bonds. The van der Waals surface area contributed by atoms with Crippen molar-refractivity contribution < 1.29 is 14.3 Å². The summed E-state index contributed by atoms with van der Waals surface area (Å²) in [4.78, 5) is 21.2. The second-order valence-corrected chi connectivity index (χ2v) is 1.94. The highest BCUT2D eigenvalue weighted by Gasteiger charge is 2.02. The number of rotatable bonds is 4. The van der Waals surface area contributed by atoms with Crippen LogP contribution in [0.4, 0.5) is 0 Å². The highest BCUT2D eigenvalue weighted by Crippen LogP contribution is 1.77. The Morgan fingerprint density at radius 1 is 1.23 bits per heavy atom. The van der Waals surface area contributed by atoms with Crippen molar-refractivity contribution in [2.75, 3.05) is 13.2 Å². The molecule has 0 radical (unpaired) electrons. The number of amides is 1. The van der Waals surface area contributed by atoms with E-state index in [9.17, 15) is 9.59 Å². The average Bonchev–Trinajstić information content (AvgIpc) is 2.18. The summed E-state index contributed by atoms with van der Waals surface area (Å²) in [5, 5.41) is 2.40. The van der Waals surface area contributed by atoms with Crippen LogP contribution in [0.1, 0.15) is 34.1 Å². The maximum atomic E-state index is 10.6. The Kier molecular flexibility index (Phi) is 12.2. The van der Waals surface area contributed by atoms with Gasteiger partial charge in [-0.1, -0.05) is 20.8 Å². The lowest BCUT2D eigenvalue weighted by Crippen LogP contribution is -2.29. The molecule has 1 N–H and O–H groups in total. The highest BCUT2D eigenvalue weighted by molar-refractivity contribution is 5.81. The van der Waals surface area contributed by atoms with E-state index in [4.69, 9.17) is 0 Å². The topological polar surface area (TPSA) is 55.4 Å². The standard InChI is InChI=1S/C7H13NO3.C2H6/c1-3-6(9)8-5-7(10)11-4-2;1-2/h3-5H2,1-2H3,(H,8,9);1-2H3. The summed E-state index contributed by atoms with van der Waals surface area (Å²) in [5.41, 5.74) is 0. The predicted molar refractivity (Wildman–Crippen MR) is 51.3 cm³/mol. The minimum atomic E-state index is -0.394. The van der Waals surface area contributed by atoms with Crippen molar-refractivity contribution in [3.8, 4) is 0 Å². The molecule has 0 aromatic carbocycles. The largest absolute Gasteiger partial charge is 0.465 e. The number of nitrogens with one attached hydrogen (secondary N) is 1. The van der Waals surface area contributed by atoms with Gasteiger partial charge in [-0.15, -0.1) is 0 Å². The molecular formula is C9H19NO3. The Bertz CT molecular complexity index is 146. The smallest absolute Gasteiger partial charge is 0.325 e. The first-order chi connectivity index (χ1) is 6.20. The van der Waals surface area contributed by atoms with Gasteiger partial charge < -0.3 is 10.1 Å². The fraction of sp³-hybridized carbons (Fsp3) is 0.778. The van der Waals surface area contributed by atoms with E-state index in [-0.39, 0.29) is 12.5 Å². The number of ether oxygens (including phenoxy) is 1. The number of hydrogen-bond donors (Lipinski definition) is 1. The van der Waals surface area contributed by atoms with Crippen molar-refractivity contribution in [1.82, 2.24) is 5.32 Å². The zero-order valence-corrected chi connectivity index (χ0v) is 8.85. The van der Waals surface area contributed by atoms with Gasteiger partial charge in [-0.05, 0) is 6.92 Å². The van der Waals surface area contributed by atoms with Gasteiger partial charge >= 0.3 is 5.97 Å². The van der Waals surface area contributed by atoms with Gasteiger partial charge in [0.05, 0.1) is 6.61 Å². The van der Waals surface area contributed by atoms with Crippen molar-refractivity contribution in [2.45, 2.75) is 34.1 Å². The van der Waals surface area contributed by atoms with Gasteiger partial charge in [0.2, 0.25) is 5.91 Å². The van der Waals surface area contributed by atoms with Gasteiger partial charge in [0, 0.05) is 6.42 Å². The van der Waals surface area contributed by atoms with Gasteiger partial charge in [-0.3, -0.25) is 9.59 Å². The van der Waals surface area contributed by atoms with Crippen LogP contribution in [0.3, 0.4) is 0 Å². The molecule has 13 heavy (non-hydrogen) atoms. The van der Waals surface area contributed by atoms with E-state index in [1.54, 1.807) is 13.8 Å². The van der Waals surface area contributed by atoms with E-state index in [0.29, 0.717) is 13.0 Å². The van der Waals surface area contributed by atoms with Gasteiger partial charge in [0.1, 0.15) is 6.54 Å². The van der Waals surface area contributed by atoms with Crippen LogP contribution in [0.15, 0.2) is 0 Å². The quantitative estimate of drug-likeness (QED) is 0.674. The second-order valence-electron chi connectivity index (χ2n) is 1.94. The Hall–Kier alpha value is -1.06. The third kappa shape index (κ3) is 10.9. The molecule has 0 aliphatic heterocycles. The van der Waals surface area contributed by atoms with Crippen molar-refractivity contribution in [2.24, 2.45) is 0 Å². The number of esters is 1. The minimum absolute atomic E-state index is 0.0273. The third-order valence-corrected chi connectivity index (χ3v) is 1.06. The molecule has 0 heterocycles. The summed E-state index contributed by atoms with van der Waals surface area (Å²) < 4.78 is 4.58. The third-order valence-electron chi connectivity index (χ3n) is 1.06. The zero-order valence-electron chi connectivity index (χ0n) is 8.85. The van der Waals surface area contributed by atoms with Crippen LogP contribution < -0.4 is 5.32 Å². The fourth-order valence-electron chi connectivity index (χ4n) is 0.508. The molecule has 4 heteroatoms. The highest BCUT2D eigenvalue weighted by atomic mass is 16.5. The Labute approximate surface area is 79.7 Å². The SMILES string of the molecule is CC.CCOC(=O)CNC(=O)CC. The molecule has 0 saturated carbocycles. The van der Waals surface area contributed by atoms with Crippen molar-refractivity contribution in [3.63, 3.8) is 0 Å². The number of hydrogen-bond acceptors (Lipinski definition) is 3. The first kappa shape index (κ1) is 14.5. The van der Waals surface area contributed by atoms with Crippen LogP contribution in [0, 0.1) is 0 Å². The summed E-state index contributed by atoms with van der Waals surface area (Å²) in [7, 11) is 0. The summed E-state index contributed by atoms with van der Waals surface area (Å²) in [6.07, 6.45) is 0.388. The van der Waals surface area contributed by atoms with Crippen LogP contribution >= 0.6 is 0 Å². The van der Waals surface area contributed by atoms with E-state index in [1.807, 2.05) is 13.8 Å². The van der Waals surface area contributed by atoms with Crippen molar-refractivity contribution in [1.29, 1.82) is 0 Å². The summed E-state index contributed by atoms with van der Waals surface area (Å²) >= 11 is 0. The monoisotopic (exact) mass is 189 g/mol. The molecule has 4 nitrogen and oxygen atoms in total. The summed E-state index contributed by atoms with van der Waals surface area (Å²) in [6.45, 7) is 7.77. The van der Waals surface area contributed by atoms with Gasteiger partial charge in [-0.2, -0.15) is 0 Å². The predicted octanol–water partition coefficient (Wildman–Crippen LogP) is 1.10. The second kappa shape index (κ2) is 10.9. The van der Waals surface area contributed by atoms with Crippen LogP contribution in [0.2, 0.25) is 0 Å². The zero-order chi connectivity index (χ0) is 10.7. The number of carbonyl (C=O) groups is 2. The molecular weight excluding hydrogens is 170 g/mol. The molecule has 0 unspecified atom stereocenters. The van der Waals surface area contributed by atoms with Gasteiger partial charge in [0.25, 0.3) is 0 Å². The summed E-state index contributed by atoms with van der Waals surface area (Å²) in [5.74, 6) is -0.535. The molecule has 0 rings (SSSR count). The van der Waals surface area contributed by atoms with E-state index >= 15 is 0 Å². The lowest BCUT2D eigenvalue weighted by Gasteiger charge is -2.02. The van der Waals surface area contributed by atoms with Crippen LogP contribution in [0.25, 0.3) is 0 Å². The molecule has 0 aromatic rings. The first-order valence-corrected chi connectivity index (χ1v) is 4.63. The van der Waals surface area contributed by atoms with Crippen LogP contribution in [0.5, 0.6) is 0 Å². The van der Waals surface area contributed by atoms with E-state index in [2.05, 4.69) is 10.1 Å². The molecule has 0 aliphatic rings. The minimum Gasteiger partial charge on any atom is -0.465 e. The molecule has 0 saturated heterocycles. The van der Waals surface area contributed by atoms with E-state index in [0.717, 1.165) is 0 Å². The average molecular weight is 189 g/mol. The first-order valence-electron chi connectivity index (χ1n) is 4.63. The Morgan fingerprint density at radius 3 is 2.15 bits per heavy atom. The Balaban J connectivity index is 0. The normalized spacial score (nSPS) is 8.00. The van der Waals surface area contributed by atoms with E-state index < -0.39 is 5.97 Å². The number of carbonyl (C=O) groups excluding carboxylic acids is 2. The molecule has 0 fully saturated rings. The fourth-order valence-corrected chi connectivity index (χ4v) is 0.508.